The maximum atomic E-state index is 13.4. The number of para-hydroxylation sites is 1. The Morgan fingerprint density at radius 3 is 2.05 bits per heavy atom. The minimum Gasteiger partial charge on any atom is -0.481 e. The summed E-state index contributed by atoms with van der Waals surface area (Å²) in [6.07, 6.45) is 1.87. The van der Waals surface area contributed by atoms with Crippen LogP contribution in [0.3, 0.4) is 0 Å². The quantitative estimate of drug-likeness (QED) is 0.274. The summed E-state index contributed by atoms with van der Waals surface area (Å²) in [6, 6.07) is 23.0. The first-order valence-electron chi connectivity index (χ1n) is 13.8. The molecule has 1 amide bonds. The Balaban J connectivity index is 0.000000388. The molecule has 12 heteroatoms. The fourth-order valence-electron chi connectivity index (χ4n) is 4.55. The monoisotopic (exact) mass is 668 g/mol. The van der Waals surface area contributed by atoms with Crippen LogP contribution in [0.1, 0.15) is 44.7 Å². The average molecular weight is 670 g/mol. The summed E-state index contributed by atoms with van der Waals surface area (Å²) in [5.41, 5.74) is 1.35. The SMILES string of the molecule is CC(=O)O.CC[C@@H](CN(c1ccccc1Cl)S(=O)(=O)C1CC1)N1C(=O)COC[C@H]1c1ccc(Cl)cc1.Clc1ccccc1. The van der Waals surface area contributed by atoms with Crippen LogP contribution in [0.25, 0.3) is 0 Å². The highest BCUT2D eigenvalue weighted by atomic mass is 35.5. The number of anilines is 1. The van der Waals surface area contributed by atoms with Crippen LogP contribution in [0.15, 0.2) is 78.9 Å². The van der Waals surface area contributed by atoms with E-state index in [4.69, 9.17) is 49.4 Å². The lowest BCUT2D eigenvalue weighted by Crippen LogP contribution is -2.54. The number of ether oxygens (including phenoxy) is 1. The number of amides is 1. The Morgan fingerprint density at radius 2 is 1.53 bits per heavy atom. The van der Waals surface area contributed by atoms with Crippen LogP contribution >= 0.6 is 34.8 Å². The van der Waals surface area contributed by atoms with Gasteiger partial charge in [-0.15, -0.1) is 0 Å². The molecule has 1 heterocycles. The molecule has 1 N–H and O–H groups in total. The van der Waals surface area contributed by atoms with Crippen LogP contribution in [0, 0.1) is 0 Å². The first kappa shape index (κ1) is 34.7. The van der Waals surface area contributed by atoms with Crippen LogP contribution in [0.2, 0.25) is 15.1 Å². The highest BCUT2D eigenvalue weighted by Gasteiger charge is 2.43. The predicted molar refractivity (Wildman–Crippen MR) is 171 cm³/mol. The van der Waals surface area contributed by atoms with Crippen molar-refractivity contribution in [1.29, 1.82) is 0 Å². The Labute approximate surface area is 268 Å². The molecular weight excluding hydrogens is 635 g/mol. The molecule has 1 aliphatic carbocycles. The van der Waals surface area contributed by atoms with Crippen LogP contribution in [0.4, 0.5) is 5.69 Å². The van der Waals surface area contributed by atoms with Crippen molar-refractivity contribution in [3.8, 4) is 0 Å². The van der Waals surface area contributed by atoms with Crippen molar-refractivity contribution in [1.82, 2.24) is 4.90 Å². The summed E-state index contributed by atoms with van der Waals surface area (Å²) < 4.78 is 33.7. The molecule has 0 bridgehead atoms. The molecule has 1 aliphatic heterocycles. The Kier molecular flexibility index (Phi) is 13.1. The van der Waals surface area contributed by atoms with Crippen molar-refractivity contribution >= 4 is 62.4 Å². The van der Waals surface area contributed by atoms with E-state index in [0.29, 0.717) is 41.6 Å². The number of carboxylic acids is 1. The maximum absolute atomic E-state index is 13.4. The van der Waals surface area contributed by atoms with Gasteiger partial charge in [0.25, 0.3) is 5.97 Å². The number of nitrogens with zero attached hydrogens (tertiary/aromatic N) is 2. The van der Waals surface area contributed by atoms with Crippen molar-refractivity contribution in [2.24, 2.45) is 0 Å². The van der Waals surface area contributed by atoms with Gasteiger partial charge >= 0.3 is 0 Å². The zero-order valence-electron chi connectivity index (χ0n) is 23.9. The molecule has 232 valence electrons. The molecule has 0 spiro atoms. The number of sulfonamides is 1. The lowest BCUT2D eigenvalue weighted by Gasteiger charge is -2.43. The lowest BCUT2D eigenvalue weighted by atomic mass is 10.0. The highest BCUT2D eigenvalue weighted by Crippen LogP contribution is 2.38. The number of halogens is 3. The number of carbonyl (C=O) groups excluding carboxylic acids is 1. The molecule has 2 fully saturated rings. The predicted octanol–water partition coefficient (Wildman–Crippen LogP) is 7.10. The molecule has 2 atom stereocenters. The molecule has 0 unspecified atom stereocenters. The van der Waals surface area contributed by atoms with Gasteiger partial charge in [-0.25, -0.2) is 8.42 Å². The van der Waals surface area contributed by atoms with Crippen LogP contribution < -0.4 is 4.31 Å². The first-order chi connectivity index (χ1) is 20.4. The van der Waals surface area contributed by atoms with Crippen molar-refractivity contribution in [2.45, 2.75) is 50.4 Å². The summed E-state index contributed by atoms with van der Waals surface area (Å²) in [7, 11) is -3.59. The van der Waals surface area contributed by atoms with Crippen LogP contribution in [0.5, 0.6) is 0 Å². The number of hydrogen-bond acceptors (Lipinski definition) is 5. The first-order valence-corrected chi connectivity index (χ1v) is 16.4. The minimum atomic E-state index is -3.59. The third-order valence-electron chi connectivity index (χ3n) is 6.73. The van der Waals surface area contributed by atoms with Crippen molar-refractivity contribution < 1.29 is 27.9 Å². The van der Waals surface area contributed by atoms with Crippen molar-refractivity contribution in [2.75, 3.05) is 24.1 Å². The number of morpholine rings is 1. The van der Waals surface area contributed by atoms with Gasteiger partial charge in [-0.2, -0.15) is 0 Å². The number of hydrogen-bond donors (Lipinski definition) is 1. The van der Waals surface area contributed by atoms with E-state index in [-0.39, 0.29) is 31.1 Å². The second-order valence-corrected chi connectivity index (χ2v) is 13.4. The normalized spacial score (nSPS) is 17.1. The standard InChI is InChI=1S/C23H26Cl2N2O4S.C6H5Cl.C2H4O2/c1-2-18(27-22(14-31-15-23(27)28)16-7-9-17(24)10-8-16)13-26(32(29,30)19-11-12-19)21-6-4-3-5-20(21)25;7-6-4-2-1-3-5-6;1-2(3)4/h3-10,18-19,22H,2,11-15H2,1H3;1-5H;1H3,(H,3,4)/t18-,22-;;/m0../s1. The van der Waals surface area contributed by atoms with Crippen LogP contribution in [-0.2, 0) is 24.3 Å². The molecule has 0 radical (unpaired) electrons. The molecule has 0 aromatic heterocycles. The van der Waals surface area contributed by atoms with Gasteiger partial charge in [-0.1, -0.05) is 84.2 Å². The largest absolute Gasteiger partial charge is 0.481 e. The second-order valence-electron chi connectivity index (χ2n) is 9.99. The van der Waals surface area contributed by atoms with Crippen molar-refractivity contribution in [3.63, 3.8) is 0 Å². The number of benzene rings is 3. The smallest absolute Gasteiger partial charge is 0.300 e. The summed E-state index contributed by atoms with van der Waals surface area (Å²) in [5, 5.41) is 8.79. The lowest BCUT2D eigenvalue weighted by molar-refractivity contribution is -0.152. The molecule has 2 aliphatic rings. The summed E-state index contributed by atoms with van der Waals surface area (Å²) in [4.78, 5) is 23.8. The summed E-state index contributed by atoms with van der Waals surface area (Å²) >= 11 is 18.0. The molecule has 3 aromatic rings. The molecule has 3 aromatic carbocycles. The van der Waals surface area contributed by atoms with E-state index in [1.165, 1.54) is 4.31 Å². The molecule has 1 saturated carbocycles. The van der Waals surface area contributed by atoms with Gasteiger partial charge in [0.1, 0.15) is 6.61 Å². The zero-order valence-corrected chi connectivity index (χ0v) is 27.0. The van der Waals surface area contributed by atoms with Gasteiger partial charge in [0.05, 0.1) is 41.2 Å². The van der Waals surface area contributed by atoms with E-state index < -0.39 is 21.2 Å². The molecular formula is C31H35Cl3N2O6S. The van der Waals surface area contributed by atoms with E-state index in [0.717, 1.165) is 17.5 Å². The van der Waals surface area contributed by atoms with E-state index in [9.17, 15) is 13.2 Å². The second kappa shape index (κ2) is 16.3. The van der Waals surface area contributed by atoms with E-state index in [1.807, 2.05) is 49.4 Å². The van der Waals surface area contributed by atoms with E-state index >= 15 is 0 Å². The molecule has 8 nitrogen and oxygen atoms in total. The van der Waals surface area contributed by atoms with E-state index in [1.54, 1.807) is 41.3 Å². The topological polar surface area (TPSA) is 104 Å². The Hall–Kier alpha value is -2.82. The van der Waals surface area contributed by atoms with Gasteiger partial charge in [0, 0.05) is 17.0 Å². The van der Waals surface area contributed by atoms with Crippen LogP contribution in [-0.4, -0.2) is 61.4 Å². The van der Waals surface area contributed by atoms with Gasteiger partial charge in [0.15, 0.2) is 0 Å². The number of aliphatic carboxylic acids is 1. The third kappa shape index (κ3) is 10.1. The zero-order chi connectivity index (χ0) is 31.6. The fourth-order valence-corrected chi connectivity index (χ4v) is 7.01. The van der Waals surface area contributed by atoms with Gasteiger partial charge < -0.3 is 14.7 Å². The highest BCUT2D eigenvalue weighted by molar-refractivity contribution is 7.93. The number of carbonyl (C=O) groups is 2. The number of rotatable bonds is 8. The summed E-state index contributed by atoms with van der Waals surface area (Å²) in [5.74, 6) is -0.994. The fraction of sp³-hybridized carbons (Fsp3) is 0.355. The average Bonchev–Trinajstić information content (AvgIpc) is 3.82. The molecule has 1 saturated heterocycles. The molecule has 5 rings (SSSR count). The molecule has 43 heavy (non-hydrogen) atoms. The Morgan fingerprint density at radius 1 is 0.977 bits per heavy atom. The van der Waals surface area contributed by atoms with Gasteiger partial charge in [-0.3, -0.25) is 13.9 Å². The Bertz CT molecular complexity index is 1450. The summed E-state index contributed by atoms with van der Waals surface area (Å²) in [6.45, 7) is 3.49. The minimum absolute atomic E-state index is 0.0257. The third-order valence-corrected chi connectivity index (χ3v) is 9.83. The maximum Gasteiger partial charge on any atom is 0.300 e. The van der Waals surface area contributed by atoms with Crippen molar-refractivity contribution in [3.05, 3.63) is 99.5 Å². The van der Waals surface area contributed by atoms with E-state index in [2.05, 4.69) is 0 Å². The van der Waals surface area contributed by atoms with Gasteiger partial charge in [0.2, 0.25) is 15.9 Å². The number of carboxylic acid groups (broad SMARTS) is 1. The van der Waals surface area contributed by atoms with Gasteiger partial charge in [-0.05, 0) is 61.2 Å².